The largest absolute Gasteiger partial charge is 0.481 e. The van der Waals surface area contributed by atoms with Gasteiger partial charge in [0.1, 0.15) is 0 Å². The van der Waals surface area contributed by atoms with Gasteiger partial charge in [0.2, 0.25) is 5.91 Å². The van der Waals surface area contributed by atoms with Gasteiger partial charge in [-0.1, -0.05) is 0 Å². The third kappa shape index (κ3) is 3.50. The van der Waals surface area contributed by atoms with Gasteiger partial charge in [0, 0.05) is 13.6 Å². The Balaban J connectivity index is 2.31. The molecule has 0 radical (unpaired) electrons. The monoisotopic (exact) mass is 229 g/mol. The van der Waals surface area contributed by atoms with Crippen molar-refractivity contribution in [3.63, 3.8) is 0 Å². The fourth-order valence-electron chi connectivity index (χ4n) is 1.61. The van der Waals surface area contributed by atoms with Crippen LogP contribution in [-0.4, -0.2) is 54.6 Å². The third-order valence-corrected chi connectivity index (χ3v) is 2.47. The molecule has 90 valence electrons. The zero-order chi connectivity index (χ0) is 12.1. The van der Waals surface area contributed by atoms with Crippen LogP contribution < -0.4 is 10.6 Å². The van der Waals surface area contributed by atoms with Gasteiger partial charge in [-0.2, -0.15) is 0 Å². The van der Waals surface area contributed by atoms with E-state index in [4.69, 9.17) is 5.11 Å². The van der Waals surface area contributed by atoms with Gasteiger partial charge in [-0.05, 0) is 13.0 Å². The first-order chi connectivity index (χ1) is 7.52. The first-order valence-corrected chi connectivity index (χ1v) is 4.99. The minimum absolute atomic E-state index is 0.0528. The summed E-state index contributed by atoms with van der Waals surface area (Å²) >= 11 is 0. The maximum absolute atomic E-state index is 11.3. The topological polar surface area (TPSA) is 98.7 Å². The molecule has 0 spiro atoms. The standard InChI is InChI=1S/C9H15N3O4/c1-10-9(16)11-7(13)5-12-3-2-6(4-12)8(14)15/h6H,2-5H2,1H3,(H,14,15)(H2,10,11,13,16). The molecule has 1 saturated heterocycles. The van der Waals surface area contributed by atoms with Crippen molar-refractivity contribution in [1.82, 2.24) is 15.5 Å². The zero-order valence-electron chi connectivity index (χ0n) is 9.02. The van der Waals surface area contributed by atoms with Crippen LogP contribution in [-0.2, 0) is 9.59 Å². The highest BCUT2D eigenvalue weighted by molar-refractivity contribution is 5.95. The summed E-state index contributed by atoms with van der Waals surface area (Å²) in [5.41, 5.74) is 0. The van der Waals surface area contributed by atoms with Crippen LogP contribution in [0, 0.1) is 5.92 Å². The van der Waals surface area contributed by atoms with E-state index in [1.165, 1.54) is 7.05 Å². The summed E-state index contributed by atoms with van der Waals surface area (Å²) in [4.78, 5) is 34.5. The number of likely N-dealkylation sites (tertiary alicyclic amines) is 1. The summed E-state index contributed by atoms with van der Waals surface area (Å²) in [5, 5.41) is 13.1. The molecular formula is C9H15N3O4. The minimum Gasteiger partial charge on any atom is -0.481 e. The van der Waals surface area contributed by atoms with Crippen LogP contribution in [0.2, 0.25) is 0 Å². The second-order valence-electron chi connectivity index (χ2n) is 3.69. The number of carboxylic acids is 1. The number of nitrogens with zero attached hydrogens (tertiary/aromatic N) is 1. The molecule has 0 aliphatic carbocycles. The van der Waals surface area contributed by atoms with Crippen molar-refractivity contribution in [2.24, 2.45) is 5.92 Å². The lowest BCUT2D eigenvalue weighted by atomic mass is 10.1. The maximum Gasteiger partial charge on any atom is 0.321 e. The highest BCUT2D eigenvalue weighted by Crippen LogP contribution is 2.15. The second kappa shape index (κ2) is 5.45. The maximum atomic E-state index is 11.3. The van der Waals surface area contributed by atoms with E-state index in [9.17, 15) is 14.4 Å². The van der Waals surface area contributed by atoms with Gasteiger partial charge in [-0.3, -0.25) is 19.8 Å². The van der Waals surface area contributed by atoms with E-state index in [2.05, 4.69) is 10.6 Å². The van der Waals surface area contributed by atoms with Crippen molar-refractivity contribution in [3.05, 3.63) is 0 Å². The molecule has 1 heterocycles. The molecule has 3 amide bonds. The van der Waals surface area contributed by atoms with Gasteiger partial charge < -0.3 is 10.4 Å². The van der Waals surface area contributed by atoms with Crippen LogP contribution in [0.3, 0.4) is 0 Å². The van der Waals surface area contributed by atoms with Crippen molar-refractivity contribution < 1.29 is 19.5 Å². The minimum atomic E-state index is -0.839. The number of imide groups is 1. The van der Waals surface area contributed by atoms with Crippen molar-refractivity contribution in [1.29, 1.82) is 0 Å². The van der Waals surface area contributed by atoms with Crippen molar-refractivity contribution >= 4 is 17.9 Å². The number of carbonyl (C=O) groups is 3. The average Bonchev–Trinajstić information content (AvgIpc) is 2.65. The summed E-state index contributed by atoms with van der Waals surface area (Å²) in [5.74, 6) is -1.67. The van der Waals surface area contributed by atoms with Gasteiger partial charge in [-0.25, -0.2) is 4.79 Å². The van der Waals surface area contributed by atoms with Gasteiger partial charge in [-0.15, -0.1) is 0 Å². The number of amides is 3. The van der Waals surface area contributed by atoms with Gasteiger partial charge in [0.25, 0.3) is 0 Å². The molecule has 0 bridgehead atoms. The Hall–Kier alpha value is -1.63. The molecular weight excluding hydrogens is 214 g/mol. The second-order valence-corrected chi connectivity index (χ2v) is 3.69. The highest BCUT2D eigenvalue weighted by atomic mass is 16.4. The quantitative estimate of drug-likeness (QED) is 0.567. The van der Waals surface area contributed by atoms with Crippen LogP contribution in [0.15, 0.2) is 0 Å². The van der Waals surface area contributed by atoms with Crippen LogP contribution in [0.1, 0.15) is 6.42 Å². The van der Waals surface area contributed by atoms with Crippen LogP contribution in [0.5, 0.6) is 0 Å². The molecule has 16 heavy (non-hydrogen) atoms. The summed E-state index contributed by atoms with van der Waals surface area (Å²) in [6, 6.07) is -0.556. The van der Waals surface area contributed by atoms with E-state index in [-0.39, 0.29) is 6.54 Å². The number of aliphatic carboxylic acids is 1. The van der Waals surface area contributed by atoms with Crippen molar-refractivity contribution in [2.45, 2.75) is 6.42 Å². The third-order valence-electron chi connectivity index (χ3n) is 2.47. The van der Waals surface area contributed by atoms with Crippen molar-refractivity contribution in [2.75, 3.05) is 26.7 Å². The van der Waals surface area contributed by atoms with Crippen LogP contribution >= 0.6 is 0 Å². The molecule has 1 rings (SSSR count). The normalized spacial score (nSPS) is 20.4. The summed E-state index contributed by atoms with van der Waals surface area (Å²) < 4.78 is 0. The molecule has 0 aromatic rings. The lowest BCUT2D eigenvalue weighted by molar-refractivity contribution is -0.141. The molecule has 0 aromatic carbocycles. The molecule has 1 fully saturated rings. The number of carbonyl (C=O) groups excluding carboxylic acids is 2. The Kier molecular flexibility index (Phi) is 4.24. The predicted octanol–water partition coefficient (Wildman–Crippen LogP) is -1.15. The fourth-order valence-corrected chi connectivity index (χ4v) is 1.61. The zero-order valence-corrected chi connectivity index (χ0v) is 9.02. The summed E-state index contributed by atoms with van der Waals surface area (Å²) in [7, 11) is 1.42. The first kappa shape index (κ1) is 12.4. The number of carboxylic acid groups (broad SMARTS) is 1. The Morgan fingerprint density at radius 1 is 1.44 bits per heavy atom. The van der Waals surface area contributed by atoms with Gasteiger partial charge in [0.15, 0.2) is 0 Å². The molecule has 0 aromatic heterocycles. The molecule has 3 N–H and O–H groups in total. The van der Waals surface area contributed by atoms with E-state index < -0.39 is 23.8 Å². The molecule has 7 heteroatoms. The smallest absolute Gasteiger partial charge is 0.321 e. The van der Waals surface area contributed by atoms with E-state index in [0.717, 1.165) is 0 Å². The number of hydrogen-bond donors (Lipinski definition) is 3. The fraction of sp³-hybridized carbons (Fsp3) is 0.667. The molecule has 1 unspecified atom stereocenters. The molecule has 1 aliphatic heterocycles. The van der Waals surface area contributed by atoms with Crippen LogP contribution in [0.4, 0.5) is 4.79 Å². The van der Waals surface area contributed by atoms with Gasteiger partial charge >= 0.3 is 12.0 Å². The number of urea groups is 1. The Morgan fingerprint density at radius 3 is 2.62 bits per heavy atom. The van der Waals surface area contributed by atoms with Crippen LogP contribution in [0.25, 0.3) is 0 Å². The number of nitrogens with one attached hydrogen (secondary N) is 2. The molecule has 1 aliphatic rings. The van der Waals surface area contributed by atoms with Gasteiger partial charge in [0.05, 0.1) is 12.5 Å². The highest BCUT2D eigenvalue weighted by Gasteiger charge is 2.28. The van der Waals surface area contributed by atoms with E-state index in [1.54, 1.807) is 4.90 Å². The lowest BCUT2D eigenvalue weighted by Gasteiger charge is -2.13. The predicted molar refractivity (Wildman–Crippen MR) is 54.8 cm³/mol. The number of rotatable bonds is 3. The number of hydrogen-bond acceptors (Lipinski definition) is 4. The molecule has 1 atom stereocenters. The summed E-state index contributed by atoms with van der Waals surface area (Å²) in [6.45, 7) is 0.978. The van der Waals surface area contributed by atoms with Crippen molar-refractivity contribution in [3.8, 4) is 0 Å². The molecule has 0 saturated carbocycles. The first-order valence-electron chi connectivity index (χ1n) is 4.99. The van der Waals surface area contributed by atoms with E-state index >= 15 is 0 Å². The SMILES string of the molecule is CNC(=O)NC(=O)CN1CCC(C(=O)O)C1. The Bertz CT molecular complexity index is 305. The average molecular weight is 229 g/mol. The lowest BCUT2D eigenvalue weighted by Crippen LogP contribution is -2.43. The summed E-state index contributed by atoms with van der Waals surface area (Å²) in [6.07, 6.45) is 0.544. The van der Waals surface area contributed by atoms with E-state index in [0.29, 0.717) is 19.5 Å². The Labute approximate surface area is 92.8 Å². The Morgan fingerprint density at radius 2 is 2.12 bits per heavy atom. The van der Waals surface area contributed by atoms with E-state index in [1.807, 2.05) is 0 Å². The molecule has 7 nitrogen and oxygen atoms in total.